The lowest BCUT2D eigenvalue weighted by Gasteiger charge is -2.35. The van der Waals surface area contributed by atoms with E-state index in [1.54, 1.807) is 35.6 Å². The standard InChI is InChI=1S/C26H32N8O4/c1-26(2,3)38-25(36)32-11-8-31(9-12-32)10-13-34-17-19(14-30-34)21-4-5-22(37-21)24(35)29-15-20-18-33-7-6-27-23(33)16-28-20/h4-7,14,16-18H,8-13,15H2,1-3H3,(H,29,35). The molecule has 0 radical (unpaired) electrons. The number of hydrogen-bond donors (Lipinski definition) is 1. The highest BCUT2D eigenvalue weighted by Crippen LogP contribution is 2.22. The van der Waals surface area contributed by atoms with Crippen LogP contribution >= 0.6 is 0 Å². The molecule has 12 nitrogen and oxygen atoms in total. The van der Waals surface area contributed by atoms with E-state index in [0.717, 1.165) is 30.8 Å². The molecule has 1 saturated heterocycles. The van der Waals surface area contributed by atoms with E-state index in [4.69, 9.17) is 9.15 Å². The molecule has 5 heterocycles. The number of piperazine rings is 1. The zero-order chi connectivity index (χ0) is 26.7. The summed E-state index contributed by atoms with van der Waals surface area (Å²) in [5.41, 5.74) is 1.77. The van der Waals surface area contributed by atoms with Gasteiger partial charge in [-0.25, -0.2) is 9.78 Å². The third kappa shape index (κ3) is 6.20. The van der Waals surface area contributed by atoms with Crippen LogP contribution in [0.3, 0.4) is 0 Å². The van der Waals surface area contributed by atoms with Crippen LogP contribution in [0.4, 0.5) is 4.79 Å². The molecule has 1 fully saturated rings. The fraction of sp³-hybridized carbons (Fsp3) is 0.423. The van der Waals surface area contributed by atoms with E-state index in [9.17, 15) is 9.59 Å². The number of imidazole rings is 1. The predicted octanol–water partition coefficient (Wildman–Crippen LogP) is 2.67. The maximum atomic E-state index is 12.6. The van der Waals surface area contributed by atoms with Gasteiger partial charge in [-0.05, 0) is 32.9 Å². The van der Waals surface area contributed by atoms with Crippen molar-refractivity contribution in [1.29, 1.82) is 0 Å². The number of aromatic nitrogens is 5. The SMILES string of the molecule is CC(C)(C)OC(=O)N1CCN(CCn2cc(-c3ccc(C(=O)NCc4cn5ccnc5cn4)o3)cn2)CC1. The van der Waals surface area contributed by atoms with Crippen molar-refractivity contribution in [2.45, 2.75) is 39.5 Å². The van der Waals surface area contributed by atoms with E-state index in [2.05, 4.69) is 25.3 Å². The number of carbonyl (C=O) groups is 2. The molecular weight excluding hydrogens is 488 g/mol. The van der Waals surface area contributed by atoms with Gasteiger partial charge in [0.2, 0.25) is 0 Å². The van der Waals surface area contributed by atoms with Gasteiger partial charge in [0.15, 0.2) is 11.4 Å². The molecule has 2 amide bonds. The average molecular weight is 521 g/mol. The monoisotopic (exact) mass is 520 g/mol. The lowest BCUT2D eigenvalue weighted by Crippen LogP contribution is -2.50. The fourth-order valence-corrected chi connectivity index (χ4v) is 4.17. The van der Waals surface area contributed by atoms with Crippen molar-refractivity contribution in [2.75, 3.05) is 32.7 Å². The lowest BCUT2D eigenvalue weighted by molar-refractivity contribution is 0.0142. The molecule has 0 atom stereocenters. The lowest BCUT2D eigenvalue weighted by atomic mass is 10.2. The minimum absolute atomic E-state index is 0.222. The van der Waals surface area contributed by atoms with Crippen LogP contribution in [0.15, 0.2) is 53.7 Å². The minimum Gasteiger partial charge on any atom is -0.451 e. The molecule has 4 aromatic rings. The summed E-state index contributed by atoms with van der Waals surface area (Å²) in [6.45, 7) is 10.3. The number of amides is 2. The van der Waals surface area contributed by atoms with Gasteiger partial charge in [-0.2, -0.15) is 5.10 Å². The molecule has 5 rings (SSSR count). The Hall–Kier alpha value is -4.19. The normalized spacial score (nSPS) is 14.7. The Balaban J connectivity index is 1.09. The van der Waals surface area contributed by atoms with E-state index in [-0.39, 0.29) is 24.3 Å². The number of carbonyl (C=O) groups excluding carboxylic acids is 2. The molecule has 38 heavy (non-hydrogen) atoms. The van der Waals surface area contributed by atoms with Crippen LogP contribution in [-0.2, 0) is 17.8 Å². The highest BCUT2D eigenvalue weighted by molar-refractivity contribution is 5.92. The molecule has 1 aliphatic rings. The molecule has 200 valence electrons. The number of fused-ring (bicyclic) bond motifs is 1. The smallest absolute Gasteiger partial charge is 0.410 e. The zero-order valence-electron chi connectivity index (χ0n) is 21.8. The van der Waals surface area contributed by atoms with Crippen molar-refractivity contribution in [3.05, 3.63) is 60.8 Å². The van der Waals surface area contributed by atoms with Crippen LogP contribution in [0, 0.1) is 0 Å². The number of furan rings is 1. The summed E-state index contributed by atoms with van der Waals surface area (Å²) in [5, 5.41) is 7.27. The van der Waals surface area contributed by atoms with Gasteiger partial charge in [0, 0.05) is 57.5 Å². The average Bonchev–Trinajstić information content (AvgIpc) is 3.65. The van der Waals surface area contributed by atoms with Crippen molar-refractivity contribution >= 4 is 17.6 Å². The third-order valence-electron chi connectivity index (χ3n) is 6.18. The molecule has 0 aliphatic carbocycles. The van der Waals surface area contributed by atoms with Crippen molar-refractivity contribution < 1.29 is 18.7 Å². The van der Waals surface area contributed by atoms with Crippen LogP contribution in [0.2, 0.25) is 0 Å². The number of nitrogens with one attached hydrogen (secondary N) is 1. The van der Waals surface area contributed by atoms with Crippen LogP contribution in [-0.4, -0.2) is 84.3 Å². The van der Waals surface area contributed by atoms with E-state index >= 15 is 0 Å². The summed E-state index contributed by atoms with van der Waals surface area (Å²) >= 11 is 0. The van der Waals surface area contributed by atoms with Crippen LogP contribution in [0.25, 0.3) is 17.0 Å². The van der Waals surface area contributed by atoms with Crippen molar-refractivity contribution in [1.82, 2.24) is 39.3 Å². The molecule has 0 aromatic carbocycles. The summed E-state index contributed by atoms with van der Waals surface area (Å²) in [6.07, 6.45) is 10.4. The van der Waals surface area contributed by atoms with Crippen LogP contribution < -0.4 is 5.32 Å². The fourth-order valence-electron chi connectivity index (χ4n) is 4.17. The Bertz CT molecular complexity index is 1410. The maximum absolute atomic E-state index is 12.6. The molecule has 1 N–H and O–H groups in total. The van der Waals surface area contributed by atoms with Crippen molar-refractivity contribution in [3.8, 4) is 11.3 Å². The third-order valence-corrected chi connectivity index (χ3v) is 6.18. The first-order chi connectivity index (χ1) is 18.2. The molecule has 0 unspecified atom stereocenters. The van der Waals surface area contributed by atoms with E-state index in [1.807, 2.05) is 48.4 Å². The van der Waals surface area contributed by atoms with Crippen LogP contribution in [0.5, 0.6) is 0 Å². The van der Waals surface area contributed by atoms with E-state index in [0.29, 0.717) is 31.1 Å². The quantitative estimate of drug-likeness (QED) is 0.395. The van der Waals surface area contributed by atoms with Crippen LogP contribution in [0.1, 0.15) is 37.0 Å². The summed E-state index contributed by atoms with van der Waals surface area (Å²) in [5.74, 6) is 0.478. The topological polar surface area (TPSA) is 123 Å². The van der Waals surface area contributed by atoms with Crippen molar-refractivity contribution in [2.24, 2.45) is 0 Å². The van der Waals surface area contributed by atoms with Crippen molar-refractivity contribution in [3.63, 3.8) is 0 Å². The Labute approximate surface area is 220 Å². The van der Waals surface area contributed by atoms with E-state index < -0.39 is 5.60 Å². The second-order valence-electron chi connectivity index (χ2n) is 10.2. The predicted molar refractivity (Wildman–Crippen MR) is 138 cm³/mol. The minimum atomic E-state index is -0.488. The first-order valence-corrected chi connectivity index (χ1v) is 12.6. The highest BCUT2D eigenvalue weighted by atomic mass is 16.6. The van der Waals surface area contributed by atoms with E-state index in [1.165, 1.54) is 0 Å². The molecule has 0 spiro atoms. The number of rotatable bonds is 7. The summed E-state index contributed by atoms with van der Waals surface area (Å²) in [6, 6.07) is 3.42. The Morgan fingerprint density at radius 1 is 1.05 bits per heavy atom. The molecule has 12 heteroatoms. The summed E-state index contributed by atoms with van der Waals surface area (Å²) < 4.78 is 15.0. The zero-order valence-corrected chi connectivity index (χ0v) is 21.8. The van der Waals surface area contributed by atoms with Gasteiger partial charge in [0.05, 0.1) is 36.7 Å². The largest absolute Gasteiger partial charge is 0.451 e. The molecule has 0 bridgehead atoms. The second kappa shape index (κ2) is 10.7. The van der Waals surface area contributed by atoms with Gasteiger partial charge in [-0.3, -0.25) is 19.4 Å². The number of ether oxygens (including phenoxy) is 1. The van der Waals surface area contributed by atoms with Gasteiger partial charge < -0.3 is 23.8 Å². The van der Waals surface area contributed by atoms with Gasteiger partial charge >= 0.3 is 6.09 Å². The molecule has 4 aromatic heterocycles. The Morgan fingerprint density at radius 2 is 1.87 bits per heavy atom. The number of nitrogens with zero attached hydrogens (tertiary/aromatic N) is 7. The first-order valence-electron chi connectivity index (χ1n) is 12.6. The number of hydrogen-bond acceptors (Lipinski definition) is 8. The maximum Gasteiger partial charge on any atom is 0.410 e. The van der Waals surface area contributed by atoms with Gasteiger partial charge in [-0.15, -0.1) is 0 Å². The van der Waals surface area contributed by atoms with Gasteiger partial charge in [0.25, 0.3) is 5.91 Å². The second-order valence-corrected chi connectivity index (χ2v) is 10.2. The Morgan fingerprint density at radius 3 is 2.66 bits per heavy atom. The summed E-state index contributed by atoms with van der Waals surface area (Å²) in [4.78, 5) is 37.4. The molecule has 1 aliphatic heterocycles. The molecule has 0 saturated carbocycles. The Kier molecular flexibility index (Phi) is 7.14. The summed E-state index contributed by atoms with van der Waals surface area (Å²) in [7, 11) is 0. The van der Waals surface area contributed by atoms with Gasteiger partial charge in [-0.1, -0.05) is 0 Å². The van der Waals surface area contributed by atoms with Gasteiger partial charge in [0.1, 0.15) is 11.4 Å². The first kappa shape index (κ1) is 25.5. The highest BCUT2D eigenvalue weighted by Gasteiger charge is 2.25. The molecular formula is C26H32N8O4.